The van der Waals surface area contributed by atoms with Gasteiger partial charge in [0, 0.05) is 37.3 Å². The topological polar surface area (TPSA) is 105 Å². The highest BCUT2D eigenvalue weighted by Gasteiger charge is 2.17. The number of carbonyl (C=O) groups is 1. The van der Waals surface area contributed by atoms with Gasteiger partial charge in [-0.05, 0) is 42.2 Å². The van der Waals surface area contributed by atoms with Gasteiger partial charge in [-0.25, -0.2) is 9.71 Å². The number of para-hydroxylation sites is 1. The van der Waals surface area contributed by atoms with Gasteiger partial charge in [-0.2, -0.15) is 8.42 Å². The van der Waals surface area contributed by atoms with E-state index in [1.807, 2.05) is 19.1 Å². The Morgan fingerprint density at radius 2 is 2.00 bits per heavy atom. The third kappa shape index (κ3) is 5.35. The third-order valence-corrected chi connectivity index (χ3v) is 6.20. The van der Waals surface area contributed by atoms with Crippen molar-refractivity contribution in [1.29, 1.82) is 0 Å². The minimum atomic E-state index is -3.62. The zero-order valence-electron chi connectivity index (χ0n) is 18.8. The number of furan rings is 1. The first kappa shape index (κ1) is 23.5. The summed E-state index contributed by atoms with van der Waals surface area (Å²) in [6.45, 7) is 6.62. The Bertz CT molecular complexity index is 1240. The van der Waals surface area contributed by atoms with E-state index in [0.717, 1.165) is 27.9 Å². The lowest BCUT2D eigenvalue weighted by Gasteiger charge is -2.14. The number of hydrogen-bond acceptors (Lipinski definition) is 5. The van der Waals surface area contributed by atoms with E-state index < -0.39 is 10.2 Å². The van der Waals surface area contributed by atoms with Gasteiger partial charge in [-0.15, -0.1) is 0 Å². The molecule has 8 nitrogen and oxygen atoms in total. The summed E-state index contributed by atoms with van der Waals surface area (Å²) < 4.78 is 33.6. The number of likely N-dealkylation sites (N-methyl/N-ethyl adjacent to an activating group) is 1. The SMILES string of the molecule is CNS(=O)(=O)Nc1ccc(/C=C/C(=O)N(C)Cc2oc3c(C(C)C)cccc3c2C)cn1. The molecule has 9 heteroatoms. The second-order valence-electron chi connectivity index (χ2n) is 7.84. The molecule has 2 heterocycles. The second kappa shape index (κ2) is 9.54. The summed E-state index contributed by atoms with van der Waals surface area (Å²) in [5.41, 5.74) is 3.74. The Labute approximate surface area is 188 Å². The molecule has 170 valence electrons. The molecule has 0 aliphatic carbocycles. The monoisotopic (exact) mass is 456 g/mol. The highest BCUT2D eigenvalue weighted by molar-refractivity contribution is 7.90. The second-order valence-corrected chi connectivity index (χ2v) is 9.46. The van der Waals surface area contributed by atoms with E-state index >= 15 is 0 Å². The number of fused-ring (bicyclic) bond motifs is 1. The summed E-state index contributed by atoms with van der Waals surface area (Å²) >= 11 is 0. The molecule has 0 spiro atoms. The van der Waals surface area contributed by atoms with E-state index in [0.29, 0.717) is 18.0 Å². The number of amides is 1. The van der Waals surface area contributed by atoms with E-state index in [4.69, 9.17) is 4.42 Å². The van der Waals surface area contributed by atoms with Gasteiger partial charge in [0.15, 0.2) is 0 Å². The lowest BCUT2D eigenvalue weighted by Crippen LogP contribution is -2.26. The molecule has 0 atom stereocenters. The maximum Gasteiger partial charge on any atom is 0.300 e. The lowest BCUT2D eigenvalue weighted by atomic mass is 10.00. The number of aromatic nitrogens is 1. The Morgan fingerprint density at radius 3 is 2.62 bits per heavy atom. The van der Waals surface area contributed by atoms with Crippen LogP contribution >= 0.6 is 0 Å². The fraction of sp³-hybridized carbons (Fsp3) is 0.304. The quantitative estimate of drug-likeness (QED) is 0.502. The number of nitrogens with one attached hydrogen (secondary N) is 2. The first-order valence-electron chi connectivity index (χ1n) is 10.2. The normalized spacial score (nSPS) is 12.1. The van der Waals surface area contributed by atoms with Crippen molar-refractivity contribution in [3.05, 3.63) is 65.1 Å². The lowest BCUT2D eigenvalue weighted by molar-refractivity contribution is -0.125. The number of nitrogens with zero attached hydrogens (tertiary/aromatic N) is 2. The van der Waals surface area contributed by atoms with E-state index in [1.54, 1.807) is 24.1 Å². The van der Waals surface area contributed by atoms with Crippen molar-refractivity contribution >= 4 is 39.0 Å². The van der Waals surface area contributed by atoms with Crippen LogP contribution < -0.4 is 9.44 Å². The average Bonchev–Trinajstić information content (AvgIpc) is 3.08. The van der Waals surface area contributed by atoms with Crippen LogP contribution in [0.25, 0.3) is 17.0 Å². The van der Waals surface area contributed by atoms with Crippen LogP contribution in [0.15, 0.2) is 47.0 Å². The Morgan fingerprint density at radius 1 is 1.25 bits per heavy atom. The van der Waals surface area contributed by atoms with Crippen molar-refractivity contribution in [1.82, 2.24) is 14.6 Å². The van der Waals surface area contributed by atoms with Gasteiger partial charge in [0.2, 0.25) is 5.91 Å². The number of benzene rings is 1. The van der Waals surface area contributed by atoms with E-state index in [1.165, 1.54) is 25.4 Å². The van der Waals surface area contributed by atoms with Gasteiger partial charge in [0.1, 0.15) is 17.2 Å². The Kier molecular flexibility index (Phi) is 7.00. The molecular formula is C23H28N4O4S. The van der Waals surface area contributed by atoms with Gasteiger partial charge >= 0.3 is 0 Å². The number of hydrogen-bond donors (Lipinski definition) is 2. The van der Waals surface area contributed by atoms with Crippen LogP contribution in [0.3, 0.4) is 0 Å². The van der Waals surface area contributed by atoms with Crippen molar-refractivity contribution in [3.8, 4) is 0 Å². The van der Waals surface area contributed by atoms with E-state index in [9.17, 15) is 13.2 Å². The fourth-order valence-electron chi connectivity index (χ4n) is 3.26. The molecule has 0 aliphatic rings. The largest absolute Gasteiger partial charge is 0.459 e. The van der Waals surface area contributed by atoms with Crippen molar-refractivity contribution in [2.75, 3.05) is 18.8 Å². The Balaban J connectivity index is 1.69. The molecule has 0 saturated heterocycles. The standard InChI is InChI=1S/C23H28N4O4S/c1-15(2)18-7-6-8-19-16(3)20(31-23(18)19)14-27(5)22(28)12-10-17-9-11-21(25-13-17)26-32(29,30)24-4/h6-13,15,24H,14H2,1-5H3,(H,25,26)/b12-10+. The predicted molar refractivity (Wildman–Crippen MR) is 126 cm³/mol. The molecular weight excluding hydrogens is 428 g/mol. The molecule has 2 N–H and O–H groups in total. The van der Waals surface area contributed by atoms with Crippen LogP contribution in [0, 0.1) is 6.92 Å². The highest BCUT2D eigenvalue weighted by Crippen LogP contribution is 2.32. The molecule has 0 saturated carbocycles. The molecule has 1 amide bonds. The molecule has 1 aromatic carbocycles. The first-order valence-corrected chi connectivity index (χ1v) is 11.7. The van der Waals surface area contributed by atoms with Crippen molar-refractivity contribution in [3.63, 3.8) is 0 Å². The van der Waals surface area contributed by atoms with E-state index in [2.05, 4.69) is 34.3 Å². The van der Waals surface area contributed by atoms with E-state index in [-0.39, 0.29) is 11.7 Å². The van der Waals surface area contributed by atoms with Gasteiger partial charge in [-0.1, -0.05) is 32.0 Å². The zero-order chi connectivity index (χ0) is 23.5. The smallest absolute Gasteiger partial charge is 0.300 e. The number of aryl methyl sites for hydroxylation is 1. The number of rotatable bonds is 8. The minimum Gasteiger partial charge on any atom is -0.459 e. The molecule has 3 aromatic rings. The van der Waals surface area contributed by atoms with Gasteiger partial charge in [-0.3, -0.25) is 9.52 Å². The van der Waals surface area contributed by atoms with Crippen molar-refractivity contribution in [2.24, 2.45) is 0 Å². The summed E-state index contributed by atoms with van der Waals surface area (Å²) in [6, 6.07) is 9.33. The van der Waals surface area contributed by atoms with Crippen LogP contribution in [0.2, 0.25) is 0 Å². The maximum atomic E-state index is 12.6. The maximum absolute atomic E-state index is 12.6. The van der Waals surface area contributed by atoms with Crippen molar-refractivity contribution < 1.29 is 17.6 Å². The molecule has 32 heavy (non-hydrogen) atoms. The number of anilines is 1. The number of pyridine rings is 1. The molecule has 0 fully saturated rings. The average molecular weight is 457 g/mol. The Hall–Kier alpha value is -3.17. The molecule has 2 aromatic heterocycles. The van der Waals surface area contributed by atoms with Crippen LogP contribution in [0.5, 0.6) is 0 Å². The highest BCUT2D eigenvalue weighted by atomic mass is 32.2. The van der Waals surface area contributed by atoms with Crippen LogP contribution in [0.1, 0.15) is 42.2 Å². The van der Waals surface area contributed by atoms with Gasteiger partial charge < -0.3 is 9.32 Å². The molecule has 3 rings (SSSR count). The molecule has 0 bridgehead atoms. The number of carbonyl (C=O) groups excluding carboxylic acids is 1. The molecule has 0 aliphatic heterocycles. The summed E-state index contributed by atoms with van der Waals surface area (Å²) in [5, 5.41) is 1.07. The van der Waals surface area contributed by atoms with Crippen LogP contribution in [-0.4, -0.2) is 38.3 Å². The third-order valence-electron chi connectivity index (χ3n) is 5.18. The summed E-state index contributed by atoms with van der Waals surface area (Å²) in [5.74, 6) is 1.10. The van der Waals surface area contributed by atoms with Crippen LogP contribution in [0.4, 0.5) is 5.82 Å². The first-order chi connectivity index (χ1) is 15.1. The van der Waals surface area contributed by atoms with Gasteiger partial charge in [0.05, 0.1) is 6.54 Å². The summed E-state index contributed by atoms with van der Waals surface area (Å²) in [4.78, 5) is 18.2. The molecule has 0 unspecified atom stereocenters. The zero-order valence-corrected chi connectivity index (χ0v) is 19.7. The fourth-order valence-corrected chi connectivity index (χ4v) is 3.76. The van der Waals surface area contributed by atoms with Crippen LogP contribution in [-0.2, 0) is 21.5 Å². The predicted octanol–water partition coefficient (Wildman–Crippen LogP) is 3.81. The molecule has 0 radical (unpaired) electrons. The summed E-state index contributed by atoms with van der Waals surface area (Å²) in [6.07, 6.45) is 4.56. The van der Waals surface area contributed by atoms with Gasteiger partial charge in [0.25, 0.3) is 10.2 Å². The minimum absolute atomic E-state index is 0.182. The summed E-state index contributed by atoms with van der Waals surface area (Å²) in [7, 11) is -0.601. The van der Waals surface area contributed by atoms with Crippen molar-refractivity contribution in [2.45, 2.75) is 33.2 Å².